The fourth-order valence-corrected chi connectivity index (χ4v) is 3.06. The Hall–Kier alpha value is -3.29. The number of alkyl halides is 6. The van der Waals surface area contributed by atoms with Crippen molar-refractivity contribution in [2.45, 2.75) is 32.1 Å². The maximum absolute atomic E-state index is 13.3. The molecule has 0 fully saturated rings. The minimum atomic E-state index is -5.27. The minimum absolute atomic E-state index is 0.0259. The Bertz CT molecular complexity index is 1190. The van der Waals surface area contributed by atoms with Crippen molar-refractivity contribution in [1.29, 1.82) is 5.26 Å². The van der Waals surface area contributed by atoms with E-state index < -0.39 is 35.0 Å². The summed E-state index contributed by atoms with van der Waals surface area (Å²) in [6.45, 7) is 3.20. The number of hydrogen-bond donors (Lipinski definition) is 1. The van der Waals surface area contributed by atoms with E-state index in [9.17, 15) is 31.1 Å². The summed E-state index contributed by atoms with van der Waals surface area (Å²) >= 11 is 0. The molecule has 3 aromatic rings. The molecule has 0 aliphatic heterocycles. The summed E-state index contributed by atoms with van der Waals surface area (Å²) < 4.78 is 79.9. The molecule has 1 aromatic carbocycles. The highest BCUT2D eigenvalue weighted by atomic mass is 19.4. The molecule has 0 aliphatic rings. The van der Waals surface area contributed by atoms with Gasteiger partial charge in [0, 0.05) is 5.56 Å². The lowest BCUT2D eigenvalue weighted by atomic mass is 9.95. The zero-order chi connectivity index (χ0) is 21.7. The molecule has 3 rings (SSSR count). The van der Waals surface area contributed by atoms with Gasteiger partial charge in [-0.3, -0.25) is 4.79 Å². The summed E-state index contributed by atoms with van der Waals surface area (Å²) in [4.78, 5) is 15.5. The molecule has 2 heterocycles. The van der Waals surface area contributed by atoms with Crippen molar-refractivity contribution in [3.8, 4) is 17.3 Å². The van der Waals surface area contributed by atoms with Crippen LogP contribution in [0.25, 0.3) is 16.9 Å². The normalized spacial score (nSPS) is 12.6. The van der Waals surface area contributed by atoms with Gasteiger partial charge < -0.3 is 4.98 Å². The zero-order valence-corrected chi connectivity index (χ0v) is 14.9. The first-order chi connectivity index (χ1) is 13.4. The van der Waals surface area contributed by atoms with Crippen LogP contribution in [0.15, 0.2) is 29.2 Å². The molecule has 1 N–H and O–H groups in total. The van der Waals surface area contributed by atoms with Gasteiger partial charge in [-0.05, 0) is 23.6 Å². The summed E-state index contributed by atoms with van der Waals surface area (Å²) in [7, 11) is 0. The van der Waals surface area contributed by atoms with Crippen LogP contribution in [0.5, 0.6) is 0 Å². The van der Waals surface area contributed by atoms with Crippen molar-refractivity contribution in [2.24, 2.45) is 0 Å². The van der Waals surface area contributed by atoms with Crippen LogP contribution in [0.4, 0.5) is 26.3 Å². The van der Waals surface area contributed by atoms with E-state index in [-0.39, 0.29) is 28.0 Å². The molecule has 0 saturated carbocycles. The second-order valence-electron chi connectivity index (χ2n) is 6.56. The number of nitriles is 1. The molecular formula is C18H12F6N4O. The van der Waals surface area contributed by atoms with Crippen LogP contribution in [-0.4, -0.2) is 14.6 Å². The molecule has 0 unspecified atom stereocenters. The van der Waals surface area contributed by atoms with Crippen LogP contribution in [0.2, 0.25) is 0 Å². The number of nitrogens with zero attached hydrogens (tertiary/aromatic N) is 3. The molecule has 0 saturated heterocycles. The van der Waals surface area contributed by atoms with Crippen LogP contribution in [0, 0.1) is 11.3 Å². The monoisotopic (exact) mass is 414 g/mol. The number of H-pyrrole nitrogens is 1. The van der Waals surface area contributed by atoms with Crippen molar-refractivity contribution in [2.75, 3.05) is 0 Å². The molecule has 2 aromatic heterocycles. The molecule has 5 nitrogen and oxygen atoms in total. The molecule has 0 radical (unpaired) electrons. The summed E-state index contributed by atoms with van der Waals surface area (Å²) in [5.41, 5.74) is -4.83. The molecule has 11 heteroatoms. The second-order valence-corrected chi connectivity index (χ2v) is 6.56. The molecule has 0 spiro atoms. The van der Waals surface area contributed by atoms with Crippen molar-refractivity contribution in [3.63, 3.8) is 0 Å². The fraction of sp³-hybridized carbons (Fsp3) is 0.278. The van der Waals surface area contributed by atoms with Crippen molar-refractivity contribution >= 4 is 5.65 Å². The minimum Gasteiger partial charge on any atom is -0.338 e. The smallest absolute Gasteiger partial charge is 0.338 e. The van der Waals surface area contributed by atoms with E-state index in [1.807, 2.05) is 0 Å². The number of nitrogens with one attached hydrogen (secondary N) is 1. The van der Waals surface area contributed by atoms with Crippen LogP contribution in [0.3, 0.4) is 0 Å². The van der Waals surface area contributed by atoms with E-state index in [0.717, 1.165) is 16.8 Å². The van der Waals surface area contributed by atoms with Gasteiger partial charge in [-0.15, -0.1) is 0 Å². The summed E-state index contributed by atoms with van der Waals surface area (Å²) in [6, 6.07) is 3.31. The lowest BCUT2D eigenvalue weighted by molar-refractivity contribution is -0.162. The molecule has 0 bridgehead atoms. The maximum Gasteiger partial charge on any atom is 0.417 e. The van der Waals surface area contributed by atoms with Gasteiger partial charge >= 0.3 is 12.4 Å². The van der Waals surface area contributed by atoms with E-state index in [2.05, 4.69) is 10.1 Å². The summed E-state index contributed by atoms with van der Waals surface area (Å²) in [5, 5.41) is 12.9. The molecule has 0 atom stereocenters. The molecular weight excluding hydrogens is 402 g/mol. The van der Waals surface area contributed by atoms with E-state index in [0.29, 0.717) is 12.1 Å². The highest BCUT2D eigenvalue weighted by molar-refractivity contribution is 5.69. The van der Waals surface area contributed by atoms with Gasteiger partial charge in [0.25, 0.3) is 5.56 Å². The number of aromatic nitrogens is 3. The number of fused-ring (bicyclic) bond motifs is 1. The molecule has 152 valence electrons. The number of aromatic amines is 1. The first-order valence-electron chi connectivity index (χ1n) is 8.19. The van der Waals surface area contributed by atoms with Crippen LogP contribution in [0.1, 0.15) is 42.0 Å². The number of halogens is 6. The van der Waals surface area contributed by atoms with Crippen LogP contribution < -0.4 is 5.56 Å². The topological polar surface area (TPSA) is 73.9 Å². The van der Waals surface area contributed by atoms with Crippen molar-refractivity contribution in [3.05, 3.63) is 57.0 Å². The van der Waals surface area contributed by atoms with Gasteiger partial charge in [0.2, 0.25) is 0 Å². The average molecular weight is 414 g/mol. The largest absolute Gasteiger partial charge is 0.417 e. The zero-order valence-electron chi connectivity index (χ0n) is 14.9. The summed E-state index contributed by atoms with van der Waals surface area (Å²) in [6.07, 6.45) is -9.37. The van der Waals surface area contributed by atoms with Crippen LogP contribution in [-0.2, 0) is 12.4 Å². The highest BCUT2D eigenvalue weighted by Crippen LogP contribution is 2.42. The second kappa shape index (κ2) is 6.65. The first kappa shape index (κ1) is 20.4. The van der Waals surface area contributed by atoms with Gasteiger partial charge in [-0.25, -0.2) is 0 Å². The lowest BCUT2D eigenvalue weighted by Gasteiger charge is -2.18. The third kappa shape index (κ3) is 3.46. The Balaban J connectivity index is 2.40. The Labute approximate surface area is 159 Å². The standard InChI is InChI=1S/C18H12F6N4O/c1-8(2)13-14(27-15-10(6-25)7-26-28(15)16(13)29)9-3-4-11(17(19,20)21)12(5-9)18(22,23)24/h3-5,7-8,27H,1-2H3. The van der Waals surface area contributed by atoms with Gasteiger partial charge in [0.1, 0.15) is 11.6 Å². The Morgan fingerprint density at radius 1 is 1.10 bits per heavy atom. The van der Waals surface area contributed by atoms with E-state index in [1.54, 1.807) is 19.9 Å². The molecule has 0 aliphatic carbocycles. The fourth-order valence-electron chi connectivity index (χ4n) is 3.06. The first-order valence-corrected chi connectivity index (χ1v) is 8.19. The van der Waals surface area contributed by atoms with Crippen molar-refractivity contribution < 1.29 is 26.3 Å². The molecule has 29 heavy (non-hydrogen) atoms. The number of benzene rings is 1. The SMILES string of the molecule is CC(C)c1c(-c2ccc(C(F)(F)F)c(C(F)(F)F)c2)[nH]c2c(C#N)cnn2c1=O. The Kier molecular flexibility index (Phi) is 4.69. The number of hydrogen-bond acceptors (Lipinski definition) is 3. The Morgan fingerprint density at radius 3 is 2.24 bits per heavy atom. The van der Waals surface area contributed by atoms with Crippen molar-refractivity contribution in [1.82, 2.24) is 14.6 Å². The van der Waals surface area contributed by atoms with Crippen LogP contribution >= 0.6 is 0 Å². The van der Waals surface area contributed by atoms with Gasteiger partial charge in [0.15, 0.2) is 5.65 Å². The van der Waals surface area contributed by atoms with Gasteiger partial charge in [-0.1, -0.05) is 19.9 Å². The third-order valence-corrected chi connectivity index (χ3v) is 4.32. The quantitative estimate of drug-likeness (QED) is 0.617. The predicted octanol–water partition coefficient (Wildman–Crippen LogP) is 4.72. The highest BCUT2D eigenvalue weighted by Gasteiger charge is 2.43. The van der Waals surface area contributed by atoms with E-state index >= 15 is 0 Å². The van der Waals surface area contributed by atoms with Gasteiger partial charge in [-0.2, -0.15) is 41.2 Å². The third-order valence-electron chi connectivity index (χ3n) is 4.32. The predicted molar refractivity (Wildman–Crippen MR) is 90.1 cm³/mol. The maximum atomic E-state index is 13.3. The molecule has 0 amide bonds. The van der Waals surface area contributed by atoms with E-state index in [1.165, 1.54) is 0 Å². The Morgan fingerprint density at radius 2 is 1.72 bits per heavy atom. The van der Waals surface area contributed by atoms with E-state index in [4.69, 9.17) is 5.26 Å². The summed E-state index contributed by atoms with van der Waals surface area (Å²) in [5.74, 6) is -0.496. The van der Waals surface area contributed by atoms with Gasteiger partial charge in [0.05, 0.1) is 23.0 Å². The average Bonchev–Trinajstić information content (AvgIpc) is 3.02. The number of rotatable bonds is 2. The lowest BCUT2D eigenvalue weighted by Crippen LogP contribution is -2.23.